The van der Waals surface area contributed by atoms with Crippen molar-refractivity contribution in [2.45, 2.75) is 72.1 Å². The molecule has 4 aliphatic carbocycles. The summed E-state index contributed by atoms with van der Waals surface area (Å²) in [6.45, 7) is 6.42. The van der Waals surface area contributed by atoms with Crippen LogP contribution in [-0.2, 0) is 14.4 Å². The molecule has 0 spiro atoms. The number of rotatable bonds is 1. The van der Waals surface area contributed by atoms with Crippen LogP contribution >= 0.6 is 0 Å². The summed E-state index contributed by atoms with van der Waals surface area (Å²) in [5, 5.41) is 0. The van der Waals surface area contributed by atoms with E-state index in [0.717, 1.165) is 38.5 Å². The third-order valence-corrected chi connectivity index (χ3v) is 8.84. The second kappa shape index (κ2) is 5.25. The number of fused-ring (bicyclic) bond motifs is 5. The average molecular weight is 330 g/mol. The first-order chi connectivity index (χ1) is 11.3. The highest BCUT2D eigenvalue weighted by Gasteiger charge is 2.62. The number of hydrogen-bond donors (Lipinski definition) is 0. The van der Waals surface area contributed by atoms with Gasteiger partial charge in [0, 0.05) is 18.3 Å². The normalized spacial score (nSPS) is 50.9. The van der Waals surface area contributed by atoms with Crippen LogP contribution in [0.1, 0.15) is 72.1 Å². The van der Waals surface area contributed by atoms with Crippen LogP contribution in [0.25, 0.3) is 0 Å². The van der Waals surface area contributed by atoms with E-state index < -0.39 is 0 Å². The first kappa shape index (κ1) is 16.5. The van der Waals surface area contributed by atoms with Gasteiger partial charge in [-0.2, -0.15) is 0 Å². The van der Waals surface area contributed by atoms with Crippen molar-refractivity contribution >= 4 is 17.3 Å². The fourth-order valence-corrected chi connectivity index (χ4v) is 7.61. The summed E-state index contributed by atoms with van der Waals surface area (Å²) in [6.07, 6.45) is 7.79. The van der Waals surface area contributed by atoms with Crippen molar-refractivity contribution in [3.8, 4) is 0 Å². The molecule has 24 heavy (non-hydrogen) atoms. The van der Waals surface area contributed by atoms with Gasteiger partial charge in [0.05, 0.1) is 0 Å². The van der Waals surface area contributed by atoms with Gasteiger partial charge in [0.2, 0.25) is 5.78 Å². The van der Waals surface area contributed by atoms with Crippen molar-refractivity contribution in [2.24, 2.45) is 40.4 Å². The molecular weight excluding hydrogens is 300 g/mol. The fourth-order valence-electron chi connectivity index (χ4n) is 7.61. The van der Waals surface area contributed by atoms with Crippen molar-refractivity contribution in [1.29, 1.82) is 0 Å². The number of carbonyl (C=O) groups is 3. The first-order valence-corrected chi connectivity index (χ1v) is 9.86. The summed E-state index contributed by atoms with van der Waals surface area (Å²) < 4.78 is 0. The largest absolute Gasteiger partial charge is 0.300 e. The second-order valence-corrected chi connectivity index (χ2v) is 9.59. The molecular formula is C21H30O3. The Morgan fingerprint density at radius 3 is 2.33 bits per heavy atom. The molecule has 4 fully saturated rings. The molecule has 0 radical (unpaired) electrons. The van der Waals surface area contributed by atoms with Gasteiger partial charge in [0.25, 0.3) is 0 Å². The highest BCUT2D eigenvalue weighted by molar-refractivity contribution is 6.38. The minimum atomic E-state index is -0.130. The Kier molecular flexibility index (Phi) is 3.61. The van der Waals surface area contributed by atoms with E-state index >= 15 is 0 Å². The zero-order valence-electron chi connectivity index (χ0n) is 15.3. The lowest BCUT2D eigenvalue weighted by atomic mass is 9.44. The van der Waals surface area contributed by atoms with E-state index in [-0.39, 0.29) is 34.2 Å². The quantitative estimate of drug-likeness (QED) is 0.683. The number of hydrogen-bond acceptors (Lipinski definition) is 3. The highest BCUT2D eigenvalue weighted by atomic mass is 16.2. The van der Waals surface area contributed by atoms with Crippen LogP contribution in [0.5, 0.6) is 0 Å². The van der Waals surface area contributed by atoms with Crippen molar-refractivity contribution in [3.05, 3.63) is 0 Å². The molecule has 0 unspecified atom stereocenters. The molecule has 0 aromatic heterocycles. The molecule has 4 saturated carbocycles. The monoisotopic (exact) mass is 330 g/mol. The summed E-state index contributed by atoms with van der Waals surface area (Å²) in [4.78, 5) is 36.5. The smallest absolute Gasteiger partial charge is 0.201 e. The van der Waals surface area contributed by atoms with Gasteiger partial charge in [-0.3, -0.25) is 14.4 Å². The third kappa shape index (κ3) is 1.99. The summed E-state index contributed by atoms with van der Waals surface area (Å²) in [7, 11) is 0. The molecule has 0 bridgehead atoms. The van der Waals surface area contributed by atoms with Gasteiger partial charge < -0.3 is 0 Å². The minimum Gasteiger partial charge on any atom is -0.300 e. The zero-order valence-corrected chi connectivity index (χ0v) is 15.3. The Balaban J connectivity index is 1.65. The Morgan fingerprint density at radius 2 is 1.62 bits per heavy atom. The van der Waals surface area contributed by atoms with Gasteiger partial charge in [-0.25, -0.2) is 0 Å². The van der Waals surface area contributed by atoms with Gasteiger partial charge in [-0.05, 0) is 80.5 Å². The SMILES string of the molecule is CC(=O)[C@H]1CC[C@H]2[C@@H]3CC[C@@H]4C(=O)C(=O)CC[C@@]4(C)[C@H]3CC[C@@]12C. The van der Waals surface area contributed by atoms with Gasteiger partial charge in [0.15, 0.2) is 5.78 Å². The topological polar surface area (TPSA) is 51.2 Å². The van der Waals surface area contributed by atoms with Crippen LogP contribution in [0, 0.1) is 40.4 Å². The molecule has 0 N–H and O–H groups in total. The summed E-state index contributed by atoms with van der Waals surface area (Å²) in [5.74, 6) is 2.22. The Bertz CT molecular complexity index is 608. The van der Waals surface area contributed by atoms with Crippen LogP contribution in [0.15, 0.2) is 0 Å². The van der Waals surface area contributed by atoms with Gasteiger partial charge in [-0.1, -0.05) is 13.8 Å². The molecule has 4 aliphatic rings. The van der Waals surface area contributed by atoms with E-state index in [1.54, 1.807) is 6.92 Å². The lowest BCUT2D eigenvalue weighted by Gasteiger charge is -2.59. The standard InChI is InChI=1S/C21H30O3/c1-12(22)14-6-7-15-13-4-5-17-19(24)18(23)9-11-21(17,3)16(13)8-10-20(14,15)2/h13-17H,4-11H2,1-3H3/t13-,14+,15-,16-,17+,20-,21-/m0/s1. The molecule has 4 rings (SSSR count). The molecule has 0 heterocycles. The predicted octanol–water partition coefficient (Wildman–Crippen LogP) is 3.98. The second-order valence-electron chi connectivity index (χ2n) is 9.59. The molecule has 0 saturated heterocycles. The van der Waals surface area contributed by atoms with E-state index in [1.807, 2.05) is 0 Å². The zero-order chi connectivity index (χ0) is 17.3. The maximum atomic E-state index is 12.5. The van der Waals surface area contributed by atoms with Crippen molar-refractivity contribution in [2.75, 3.05) is 0 Å². The van der Waals surface area contributed by atoms with Gasteiger partial charge in [-0.15, -0.1) is 0 Å². The molecule has 3 heteroatoms. The molecule has 0 aliphatic heterocycles. The molecule has 0 aromatic carbocycles. The summed E-state index contributed by atoms with van der Waals surface area (Å²) in [6, 6.07) is 0. The Hall–Kier alpha value is -0.990. The van der Waals surface area contributed by atoms with E-state index in [9.17, 15) is 14.4 Å². The summed E-state index contributed by atoms with van der Waals surface area (Å²) in [5.41, 5.74) is 0.189. The van der Waals surface area contributed by atoms with E-state index in [4.69, 9.17) is 0 Å². The van der Waals surface area contributed by atoms with Crippen molar-refractivity contribution < 1.29 is 14.4 Å². The average Bonchev–Trinajstić information content (AvgIpc) is 2.89. The number of ketones is 3. The van der Waals surface area contributed by atoms with Crippen LogP contribution < -0.4 is 0 Å². The Morgan fingerprint density at radius 1 is 0.917 bits per heavy atom. The molecule has 0 aromatic rings. The van der Waals surface area contributed by atoms with E-state index in [0.29, 0.717) is 30.0 Å². The maximum Gasteiger partial charge on any atom is 0.201 e. The lowest BCUT2D eigenvalue weighted by Crippen LogP contribution is -2.56. The maximum absolute atomic E-state index is 12.5. The predicted molar refractivity (Wildman–Crippen MR) is 91.3 cm³/mol. The molecule has 132 valence electrons. The fraction of sp³-hybridized carbons (Fsp3) is 0.857. The Labute approximate surface area is 144 Å². The summed E-state index contributed by atoms with van der Waals surface area (Å²) >= 11 is 0. The van der Waals surface area contributed by atoms with Crippen LogP contribution in [0.3, 0.4) is 0 Å². The van der Waals surface area contributed by atoms with Crippen LogP contribution in [-0.4, -0.2) is 17.3 Å². The third-order valence-electron chi connectivity index (χ3n) is 8.84. The van der Waals surface area contributed by atoms with Gasteiger partial charge >= 0.3 is 0 Å². The van der Waals surface area contributed by atoms with Crippen molar-refractivity contribution in [1.82, 2.24) is 0 Å². The van der Waals surface area contributed by atoms with Gasteiger partial charge in [0.1, 0.15) is 5.78 Å². The van der Waals surface area contributed by atoms with E-state index in [1.165, 1.54) is 6.42 Å². The number of Topliss-reactive ketones (excluding diaryl/α,β-unsaturated/α-hetero) is 3. The van der Waals surface area contributed by atoms with E-state index in [2.05, 4.69) is 13.8 Å². The highest BCUT2D eigenvalue weighted by Crippen LogP contribution is 2.66. The molecule has 0 amide bonds. The first-order valence-electron chi connectivity index (χ1n) is 9.86. The number of carbonyl (C=O) groups excluding carboxylic acids is 3. The van der Waals surface area contributed by atoms with Crippen LogP contribution in [0.2, 0.25) is 0 Å². The molecule has 3 nitrogen and oxygen atoms in total. The lowest BCUT2D eigenvalue weighted by molar-refractivity contribution is -0.158. The van der Waals surface area contributed by atoms with Crippen LogP contribution in [0.4, 0.5) is 0 Å². The molecule has 7 atom stereocenters. The van der Waals surface area contributed by atoms with Crippen molar-refractivity contribution in [3.63, 3.8) is 0 Å². The minimum absolute atomic E-state index is 0.0174.